The number of aromatic nitrogens is 5. The van der Waals surface area contributed by atoms with E-state index < -0.39 is 0 Å². The van der Waals surface area contributed by atoms with E-state index in [9.17, 15) is 4.79 Å². The summed E-state index contributed by atoms with van der Waals surface area (Å²) in [4.78, 5) is 34.5. The number of amides is 1. The molecule has 1 aliphatic heterocycles. The average molecular weight is 468 g/mol. The fourth-order valence-electron chi connectivity index (χ4n) is 3.73. The van der Waals surface area contributed by atoms with E-state index in [1.807, 2.05) is 49.4 Å². The predicted molar refractivity (Wildman–Crippen MR) is 135 cm³/mol. The molecule has 1 unspecified atom stereocenters. The van der Waals surface area contributed by atoms with Crippen molar-refractivity contribution in [3.8, 4) is 11.5 Å². The van der Waals surface area contributed by atoms with Gasteiger partial charge in [-0.25, -0.2) is 19.9 Å². The normalized spacial score (nSPS) is 14.9. The molecule has 1 saturated heterocycles. The lowest BCUT2D eigenvalue weighted by Gasteiger charge is -2.11. The second-order valence-corrected chi connectivity index (χ2v) is 8.20. The molecule has 4 heterocycles. The van der Waals surface area contributed by atoms with Crippen molar-refractivity contribution in [3.05, 3.63) is 72.7 Å². The smallest absolute Gasteiger partial charge is 0.229 e. The standard InChI is InChI=1S/C25H25N9O/c1-16-3-2-4-20(29-16)23-27-13-10-21(33-23)32-22-11-14-28-25(34-22)31-19-7-5-18(6-8-19)30-24(35)17-9-12-26-15-17/h2-8,10-11,13-14,17,26H,9,12,15H2,1H3,(H,30,35)(H2,27,28,31,32,33,34). The van der Waals surface area contributed by atoms with Gasteiger partial charge in [0.05, 0.1) is 5.92 Å². The molecule has 4 aromatic rings. The first-order chi connectivity index (χ1) is 17.1. The molecular formula is C25H25N9O. The summed E-state index contributed by atoms with van der Waals surface area (Å²) in [5, 5.41) is 12.5. The minimum absolute atomic E-state index is 0.0236. The van der Waals surface area contributed by atoms with Crippen LogP contribution < -0.4 is 21.3 Å². The second-order valence-electron chi connectivity index (χ2n) is 8.20. The van der Waals surface area contributed by atoms with Crippen LogP contribution in [0, 0.1) is 12.8 Å². The summed E-state index contributed by atoms with van der Waals surface area (Å²) < 4.78 is 0. The van der Waals surface area contributed by atoms with Gasteiger partial charge in [-0.05, 0) is 68.4 Å². The molecule has 0 saturated carbocycles. The maximum Gasteiger partial charge on any atom is 0.229 e. The quantitative estimate of drug-likeness (QED) is 0.322. The molecule has 10 heteroatoms. The van der Waals surface area contributed by atoms with Crippen LogP contribution >= 0.6 is 0 Å². The van der Waals surface area contributed by atoms with Crippen LogP contribution in [-0.2, 0) is 4.79 Å². The molecule has 10 nitrogen and oxygen atoms in total. The fourth-order valence-corrected chi connectivity index (χ4v) is 3.73. The zero-order chi connectivity index (χ0) is 24.0. The predicted octanol–water partition coefficient (Wildman–Crippen LogP) is 3.67. The molecule has 1 atom stereocenters. The minimum atomic E-state index is 0.0236. The third-order valence-electron chi connectivity index (χ3n) is 5.52. The molecule has 5 rings (SSSR count). The van der Waals surface area contributed by atoms with Gasteiger partial charge in [-0.2, -0.15) is 4.98 Å². The Bertz CT molecular complexity index is 1320. The van der Waals surface area contributed by atoms with Gasteiger partial charge in [0.2, 0.25) is 11.9 Å². The Kier molecular flexibility index (Phi) is 6.53. The van der Waals surface area contributed by atoms with Crippen LogP contribution in [0.2, 0.25) is 0 Å². The summed E-state index contributed by atoms with van der Waals surface area (Å²) in [6.45, 7) is 3.54. The summed E-state index contributed by atoms with van der Waals surface area (Å²) in [6, 6.07) is 16.7. The van der Waals surface area contributed by atoms with E-state index in [1.54, 1.807) is 24.5 Å². The molecule has 1 amide bonds. The molecule has 0 radical (unpaired) electrons. The number of rotatable bonds is 7. The molecule has 0 spiro atoms. The number of hydrogen-bond donors (Lipinski definition) is 4. The Morgan fingerprint density at radius 2 is 1.66 bits per heavy atom. The van der Waals surface area contributed by atoms with Crippen molar-refractivity contribution in [1.29, 1.82) is 0 Å². The Morgan fingerprint density at radius 1 is 0.886 bits per heavy atom. The van der Waals surface area contributed by atoms with Crippen LogP contribution in [0.1, 0.15) is 12.1 Å². The molecule has 35 heavy (non-hydrogen) atoms. The number of benzene rings is 1. The van der Waals surface area contributed by atoms with Crippen molar-refractivity contribution in [2.75, 3.05) is 29.0 Å². The highest BCUT2D eigenvalue weighted by Crippen LogP contribution is 2.21. The summed E-state index contributed by atoms with van der Waals surface area (Å²) in [6.07, 6.45) is 4.21. The van der Waals surface area contributed by atoms with E-state index >= 15 is 0 Å². The van der Waals surface area contributed by atoms with Crippen LogP contribution in [0.4, 0.5) is 29.0 Å². The van der Waals surface area contributed by atoms with Crippen LogP contribution in [0.5, 0.6) is 0 Å². The monoisotopic (exact) mass is 467 g/mol. The number of anilines is 5. The first kappa shape index (κ1) is 22.4. The maximum absolute atomic E-state index is 12.3. The van der Waals surface area contributed by atoms with Gasteiger partial charge >= 0.3 is 0 Å². The number of nitrogens with zero attached hydrogens (tertiary/aromatic N) is 5. The lowest BCUT2D eigenvalue weighted by atomic mass is 10.1. The maximum atomic E-state index is 12.3. The van der Waals surface area contributed by atoms with Gasteiger partial charge in [0, 0.05) is 36.0 Å². The molecule has 4 N–H and O–H groups in total. The molecule has 1 aliphatic rings. The number of carbonyl (C=O) groups is 1. The molecule has 0 aliphatic carbocycles. The summed E-state index contributed by atoms with van der Waals surface area (Å²) in [5.74, 6) is 2.21. The van der Waals surface area contributed by atoms with Crippen LogP contribution in [-0.4, -0.2) is 43.9 Å². The van der Waals surface area contributed by atoms with E-state index in [4.69, 9.17) is 0 Å². The van der Waals surface area contributed by atoms with E-state index in [0.717, 1.165) is 36.6 Å². The van der Waals surface area contributed by atoms with Crippen LogP contribution in [0.25, 0.3) is 11.5 Å². The highest BCUT2D eigenvalue weighted by Gasteiger charge is 2.22. The van der Waals surface area contributed by atoms with Gasteiger partial charge in [-0.15, -0.1) is 0 Å². The number of nitrogens with one attached hydrogen (secondary N) is 4. The van der Waals surface area contributed by atoms with E-state index in [-0.39, 0.29) is 11.8 Å². The second kappa shape index (κ2) is 10.2. The van der Waals surface area contributed by atoms with E-state index in [2.05, 4.69) is 46.2 Å². The zero-order valence-corrected chi connectivity index (χ0v) is 19.2. The average Bonchev–Trinajstić information content (AvgIpc) is 3.41. The van der Waals surface area contributed by atoms with Gasteiger partial charge in [-0.1, -0.05) is 6.07 Å². The van der Waals surface area contributed by atoms with Crippen molar-refractivity contribution < 1.29 is 4.79 Å². The van der Waals surface area contributed by atoms with Gasteiger partial charge < -0.3 is 21.3 Å². The number of aryl methyl sites for hydroxylation is 1. The molecule has 0 bridgehead atoms. The fraction of sp³-hybridized carbons (Fsp3) is 0.200. The minimum Gasteiger partial charge on any atom is -0.326 e. The van der Waals surface area contributed by atoms with Gasteiger partial charge in [0.25, 0.3) is 0 Å². The lowest BCUT2D eigenvalue weighted by Crippen LogP contribution is -2.24. The lowest BCUT2D eigenvalue weighted by molar-refractivity contribution is -0.119. The molecular weight excluding hydrogens is 442 g/mol. The zero-order valence-electron chi connectivity index (χ0n) is 19.2. The SMILES string of the molecule is Cc1cccc(-c2nccc(Nc3ccnc(Nc4ccc(NC(=O)C5CCNC5)cc4)n3)n2)n1. The molecule has 1 fully saturated rings. The van der Waals surface area contributed by atoms with Crippen molar-refractivity contribution in [2.45, 2.75) is 13.3 Å². The molecule has 1 aromatic carbocycles. The Hall–Kier alpha value is -4.44. The van der Waals surface area contributed by atoms with E-state index in [0.29, 0.717) is 29.1 Å². The summed E-state index contributed by atoms with van der Waals surface area (Å²) >= 11 is 0. The molecule has 176 valence electrons. The van der Waals surface area contributed by atoms with Gasteiger partial charge in [-0.3, -0.25) is 4.79 Å². The number of hydrogen-bond acceptors (Lipinski definition) is 9. The Morgan fingerprint density at radius 3 is 2.43 bits per heavy atom. The topological polar surface area (TPSA) is 130 Å². The number of carbonyl (C=O) groups excluding carboxylic acids is 1. The number of pyridine rings is 1. The van der Waals surface area contributed by atoms with Crippen molar-refractivity contribution in [1.82, 2.24) is 30.2 Å². The third kappa shape index (κ3) is 5.74. The van der Waals surface area contributed by atoms with Crippen molar-refractivity contribution >= 4 is 34.9 Å². The Balaban J connectivity index is 1.23. The largest absolute Gasteiger partial charge is 0.326 e. The Labute approximate surface area is 202 Å². The van der Waals surface area contributed by atoms with Crippen LogP contribution in [0.15, 0.2) is 67.0 Å². The highest BCUT2D eigenvalue weighted by molar-refractivity contribution is 5.93. The van der Waals surface area contributed by atoms with Gasteiger partial charge in [0.15, 0.2) is 5.82 Å². The van der Waals surface area contributed by atoms with Crippen LogP contribution in [0.3, 0.4) is 0 Å². The summed E-state index contributed by atoms with van der Waals surface area (Å²) in [5.41, 5.74) is 3.17. The van der Waals surface area contributed by atoms with Crippen molar-refractivity contribution in [3.63, 3.8) is 0 Å². The first-order valence-corrected chi connectivity index (χ1v) is 11.4. The summed E-state index contributed by atoms with van der Waals surface area (Å²) in [7, 11) is 0. The highest BCUT2D eigenvalue weighted by atomic mass is 16.1. The molecule has 3 aromatic heterocycles. The van der Waals surface area contributed by atoms with E-state index in [1.165, 1.54) is 0 Å². The van der Waals surface area contributed by atoms with Crippen molar-refractivity contribution in [2.24, 2.45) is 5.92 Å². The van der Waals surface area contributed by atoms with Gasteiger partial charge in [0.1, 0.15) is 17.3 Å². The third-order valence-corrected chi connectivity index (χ3v) is 5.52. The first-order valence-electron chi connectivity index (χ1n) is 11.4.